The normalized spacial score (nSPS) is 21.0. The molecule has 0 bridgehead atoms. The standard InChI is InChI=1S/C18H30BNO4/c1-4-5-6-11-22-15-9-7-14(8-10-15)17(21)16-12-23-18(2,3)19(16)24-13-20/h7-10,16-17,21H,4-6,11-13,20H2,1-3H3/t16-,17+/m1/s1. The maximum absolute atomic E-state index is 10.7. The highest BCUT2D eigenvalue weighted by atomic mass is 16.5. The number of ether oxygens (including phenoxy) is 2. The number of hydrogen-bond acceptors (Lipinski definition) is 5. The van der Waals surface area contributed by atoms with Crippen LogP contribution in [-0.2, 0) is 9.39 Å². The molecule has 6 heteroatoms. The molecule has 1 saturated heterocycles. The van der Waals surface area contributed by atoms with Gasteiger partial charge in [-0.15, -0.1) is 0 Å². The topological polar surface area (TPSA) is 73.9 Å². The van der Waals surface area contributed by atoms with E-state index in [4.69, 9.17) is 19.9 Å². The molecule has 134 valence electrons. The largest absolute Gasteiger partial charge is 0.494 e. The molecule has 3 N–H and O–H groups in total. The number of hydrogen-bond donors (Lipinski definition) is 2. The van der Waals surface area contributed by atoms with E-state index < -0.39 is 11.6 Å². The van der Waals surface area contributed by atoms with Crippen molar-refractivity contribution < 1.29 is 19.2 Å². The van der Waals surface area contributed by atoms with Gasteiger partial charge in [0.1, 0.15) is 5.75 Å². The summed E-state index contributed by atoms with van der Waals surface area (Å²) in [5.41, 5.74) is 5.93. The minimum atomic E-state index is -0.655. The van der Waals surface area contributed by atoms with Gasteiger partial charge in [0.25, 0.3) is 0 Å². The van der Waals surface area contributed by atoms with E-state index in [1.165, 1.54) is 12.8 Å². The first-order valence-electron chi connectivity index (χ1n) is 8.86. The fourth-order valence-corrected chi connectivity index (χ4v) is 3.23. The summed E-state index contributed by atoms with van der Waals surface area (Å²) < 4.78 is 17.2. The fourth-order valence-electron chi connectivity index (χ4n) is 3.23. The summed E-state index contributed by atoms with van der Waals surface area (Å²) >= 11 is 0. The number of nitrogens with two attached hydrogens (primary N) is 1. The van der Waals surface area contributed by atoms with E-state index in [-0.39, 0.29) is 19.5 Å². The predicted octanol–water partition coefficient (Wildman–Crippen LogP) is 2.93. The Kier molecular flexibility index (Phi) is 7.10. The molecule has 0 unspecified atom stereocenters. The summed E-state index contributed by atoms with van der Waals surface area (Å²) in [6.45, 7) is 7.17. The molecule has 0 amide bonds. The summed E-state index contributed by atoms with van der Waals surface area (Å²) in [7, 11) is 0. The van der Waals surface area contributed by atoms with Crippen LogP contribution in [0, 0.1) is 0 Å². The van der Waals surface area contributed by atoms with Crippen LogP contribution in [-0.4, -0.2) is 37.5 Å². The van der Waals surface area contributed by atoms with Crippen molar-refractivity contribution in [2.75, 3.05) is 19.9 Å². The van der Waals surface area contributed by atoms with Crippen LogP contribution in [0.3, 0.4) is 0 Å². The maximum Gasteiger partial charge on any atom is 0.334 e. The van der Waals surface area contributed by atoms with E-state index >= 15 is 0 Å². The molecule has 0 spiro atoms. The lowest BCUT2D eigenvalue weighted by Crippen LogP contribution is -2.43. The molecular formula is C18H30BNO4. The number of aliphatic hydroxyl groups excluding tert-OH is 1. The summed E-state index contributed by atoms with van der Waals surface area (Å²) in [5, 5.41) is 10.7. The van der Waals surface area contributed by atoms with Crippen LogP contribution < -0.4 is 10.5 Å². The third kappa shape index (κ3) is 4.73. The number of unbranched alkanes of at least 4 members (excludes halogenated alkanes) is 2. The molecular weight excluding hydrogens is 305 g/mol. The second-order valence-corrected chi connectivity index (χ2v) is 6.90. The Morgan fingerprint density at radius 3 is 2.67 bits per heavy atom. The van der Waals surface area contributed by atoms with E-state index in [1.807, 2.05) is 38.1 Å². The molecule has 1 aliphatic rings. The number of aliphatic hydroxyl groups is 1. The van der Waals surface area contributed by atoms with Gasteiger partial charge in [-0.25, -0.2) is 0 Å². The maximum atomic E-state index is 10.7. The van der Waals surface area contributed by atoms with Crippen molar-refractivity contribution in [2.24, 2.45) is 5.73 Å². The lowest BCUT2D eigenvalue weighted by Gasteiger charge is -2.27. The van der Waals surface area contributed by atoms with Gasteiger partial charge >= 0.3 is 6.92 Å². The molecule has 0 radical (unpaired) electrons. The monoisotopic (exact) mass is 335 g/mol. The average molecular weight is 335 g/mol. The van der Waals surface area contributed by atoms with Crippen molar-refractivity contribution >= 4 is 6.92 Å². The molecule has 2 atom stereocenters. The van der Waals surface area contributed by atoms with Crippen molar-refractivity contribution in [1.82, 2.24) is 0 Å². The van der Waals surface area contributed by atoms with Crippen molar-refractivity contribution in [1.29, 1.82) is 0 Å². The molecule has 0 aromatic heterocycles. The van der Waals surface area contributed by atoms with Gasteiger partial charge in [0, 0.05) is 12.4 Å². The van der Waals surface area contributed by atoms with Gasteiger partial charge < -0.3 is 25.0 Å². The van der Waals surface area contributed by atoms with Crippen LogP contribution in [0.2, 0.25) is 5.82 Å². The van der Waals surface area contributed by atoms with Gasteiger partial charge in [0.15, 0.2) is 0 Å². The van der Waals surface area contributed by atoms with E-state index in [2.05, 4.69) is 6.92 Å². The second-order valence-electron chi connectivity index (χ2n) is 6.90. The molecule has 1 fully saturated rings. The Morgan fingerprint density at radius 1 is 1.33 bits per heavy atom. The SMILES string of the molecule is CCCCCOc1ccc([C@H](O)[C@H]2COC(C)(C)B2OCN)cc1. The van der Waals surface area contributed by atoms with E-state index in [1.54, 1.807) is 0 Å². The van der Waals surface area contributed by atoms with Crippen LogP contribution in [0.4, 0.5) is 0 Å². The van der Waals surface area contributed by atoms with E-state index in [0.717, 1.165) is 24.3 Å². The molecule has 1 heterocycles. The predicted molar refractivity (Wildman–Crippen MR) is 96.1 cm³/mol. The van der Waals surface area contributed by atoms with Crippen molar-refractivity contribution in [3.05, 3.63) is 29.8 Å². The van der Waals surface area contributed by atoms with Gasteiger partial charge in [-0.1, -0.05) is 31.9 Å². The van der Waals surface area contributed by atoms with Crippen LogP contribution in [0.5, 0.6) is 5.75 Å². The van der Waals surface area contributed by atoms with Gasteiger partial charge in [0.2, 0.25) is 0 Å². The zero-order valence-corrected chi connectivity index (χ0v) is 15.0. The van der Waals surface area contributed by atoms with Crippen molar-refractivity contribution in [3.63, 3.8) is 0 Å². The van der Waals surface area contributed by atoms with Crippen molar-refractivity contribution in [3.8, 4) is 5.75 Å². The zero-order valence-electron chi connectivity index (χ0n) is 15.0. The minimum Gasteiger partial charge on any atom is -0.494 e. The molecule has 0 aliphatic carbocycles. The van der Waals surface area contributed by atoms with Gasteiger partial charge in [-0.3, -0.25) is 0 Å². The molecule has 1 aromatic carbocycles. The first-order valence-corrected chi connectivity index (χ1v) is 8.86. The first kappa shape index (κ1) is 19.3. The van der Waals surface area contributed by atoms with Crippen LogP contribution in [0.15, 0.2) is 24.3 Å². The Labute approximate surface area is 145 Å². The Balaban J connectivity index is 1.97. The van der Waals surface area contributed by atoms with Crippen LogP contribution in [0.25, 0.3) is 0 Å². The summed E-state index contributed by atoms with van der Waals surface area (Å²) in [4.78, 5) is 0. The Bertz CT molecular complexity index is 494. The lowest BCUT2D eigenvalue weighted by molar-refractivity contribution is 0.0478. The van der Waals surface area contributed by atoms with Gasteiger partial charge in [0.05, 0.1) is 24.9 Å². The summed E-state index contributed by atoms with van der Waals surface area (Å²) in [6.07, 6.45) is 2.77. The smallest absolute Gasteiger partial charge is 0.334 e. The average Bonchev–Trinajstić information content (AvgIpc) is 2.87. The number of benzene rings is 1. The fraction of sp³-hybridized carbons (Fsp3) is 0.667. The molecule has 0 saturated carbocycles. The zero-order chi connectivity index (χ0) is 17.6. The van der Waals surface area contributed by atoms with E-state index in [9.17, 15) is 5.11 Å². The molecule has 24 heavy (non-hydrogen) atoms. The van der Waals surface area contributed by atoms with E-state index in [0.29, 0.717) is 6.61 Å². The Hall–Kier alpha value is -1.08. The highest BCUT2D eigenvalue weighted by molar-refractivity contribution is 6.58. The summed E-state index contributed by atoms with van der Waals surface area (Å²) in [6, 6.07) is 7.63. The molecule has 1 aliphatic heterocycles. The third-order valence-electron chi connectivity index (χ3n) is 4.64. The minimum absolute atomic E-state index is 0.116. The lowest BCUT2D eigenvalue weighted by atomic mass is 9.46. The highest BCUT2D eigenvalue weighted by Crippen LogP contribution is 2.41. The van der Waals surface area contributed by atoms with Gasteiger partial charge in [-0.05, 0) is 38.0 Å². The van der Waals surface area contributed by atoms with Gasteiger partial charge in [-0.2, -0.15) is 0 Å². The van der Waals surface area contributed by atoms with Crippen LogP contribution in [0.1, 0.15) is 51.7 Å². The van der Waals surface area contributed by atoms with Crippen LogP contribution >= 0.6 is 0 Å². The quantitative estimate of drug-likeness (QED) is 0.412. The second kappa shape index (κ2) is 8.86. The molecule has 1 aromatic rings. The molecule has 5 nitrogen and oxygen atoms in total. The molecule has 2 rings (SSSR count). The summed E-state index contributed by atoms with van der Waals surface area (Å²) in [5.74, 6) is 0.694. The third-order valence-corrected chi connectivity index (χ3v) is 4.64. The highest BCUT2D eigenvalue weighted by Gasteiger charge is 2.51. The van der Waals surface area contributed by atoms with Crippen molar-refractivity contribution in [2.45, 2.75) is 57.5 Å². The first-order chi connectivity index (χ1) is 11.5. The number of rotatable bonds is 9. The Morgan fingerprint density at radius 2 is 2.04 bits per heavy atom.